The van der Waals surface area contributed by atoms with Crippen LogP contribution in [0.2, 0.25) is 0 Å². The summed E-state index contributed by atoms with van der Waals surface area (Å²) in [6.07, 6.45) is 9.42. The predicted octanol–water partition coefficient (Wildman–Crippen LogP) is 4.34. The van der Waals surface area contributed by atoms with Crippen molar-refractivity contribution in [3.8, 4) is 5.75 Å². The first-order valence-electron chi connectivity index (χ1n) is 16.3. The van der Waals surface area contributed by atoms with Crippen molar-refractivity contribution in [2.45, 2.75) is 115 Å². The molecular formula is C34H50N2O6. The number of fused-ring (bicyclic) bond motifs is 3. The van der Waals surface area contributed by atoms with E-state index in [1.165, 1.54) is 6.42 Å². The Morgan fingerprint density at radius 1 is 1.10 bits per heavy atom. The highest BCUT2D eigenvalue weighted by Gasteiger charge is 2.51. The average molecular weight is 583 g/mol. The predicted molar refractivity (Wildman–Crippen MR) is 161 cm³/mol. The largest absolute Gasteiger partial charge is 0.486 e. The van der Waals surface area contributed by atoms with Crippen molar-refractivity contribution in [2.75, 3.05) is 19.8 Å². The molecule has 42 heavy (non-hydrogen) atoms. The minimum absolute atomic E-state index is 0.0324. The third-order valence-electron chi connectivity index (χ3n) is 10.1. The van der Waals surface area contributed by atoms with Crippen LogP contribution in [0.3, 0.4) is 0 Å². The fraction of sp³-hybridized carbons (Fsp3) is 0.706. The second-order valence-corrected chi connectivity index (χ2v) is 13.3. The van der Waals surface area contributed by atoms with Gasteiger partial charge in [-0.1, -0.05) is 71.1 Å². The molecule has 8 nitrogen and oxygen atoms in total. The molecule has 1 heterocycles. The standard InChI is InChI=1S/C34H50N2O6/c1-21(2)24-15-14-22(3)18-29(24)41-20-30(38)36(23-10-6-4-5-7-11-23)27-19-26(34(40)35-16-17-37)31-25-12-8-9-13-28(25)42-33(31)32(27)39/h8-9,12-13,19,21-24,27,29,31-33,37,39H,4-7,10-11,14-18,20H2,1-3H3,(H,35,40)/t22-,24+,27+,29-,31-,32-,33-/m0/s1. The highest BCUT2D eigenvalue weighted by Crippen LogP contribution is 2.47. The van der Waals surface area contributed by atoms with Crippen molar-refractivity contribution >= 4 is 11.8 Å². The Kier molecular flexibility index (Phi) is 10.3. The molecule has 7 atom stereocenters. The molecule has 0 unspecified atom stereocenters. The highest BCUT2D eigenvalue weighted by molar-refractivity contribution is 5.96. The Morgan fingerprint density at radius 3 is 2.55 bits per heavy atom. The third-order valence-corrected chi connectivity index (χ3v) is 10.1. The zero-order chi connectivity index (χ0) is 29.8. The van der Waals surface area contributed by atoms with Crippen LogP contribution in [-0.4, -0.2) is 77.1 Å². The number of aliphatic hydroxyl groups is 2. The first-order valence-corrected chi connectivity index (χ1v) is 16.3. The average Bonchev–Trinajstić information content (AvgIpc) is 3.17. The fourth-order valence-corrected chi connectivity index (χ4v) is 7.87. The van der Waals surface area contributed by atoms with E-state index < -0.39 is 24.2 Å². The van der Waals surface area contributed by atoms with Crippen molar-refractivity contribution in [1.29, 1.82) is 0 Å². The smallest absolute Gasteiger partial charge is 0.249 e. The molecule has 0 saturated heterocycles. The summed E-state index contributed by atoms with van der Waals surface area (Å²) in [6, 6.07) is 6.80. The van der Waals surface area contributed by atoms with Gasteiger partial charge in [0.05, 0.1) is 24.7 Å². The summed E-state index contributed by atoms with van der Waals surface area (Å²) in [5.41, 5.74) is 1.33. The Hall–Kier alpha value is -2.42. The van der Waals surface area contributed by atoms with Crippen molar-refractivity contribution in [2.24, 2.45) is 17.8 Å². The van der Waals surface area contributed by atoms with Gasteiger partial charge in [0.2, 0.25) is 11.8 Å². The summed E-state index contributed by atoms with van der Waals surface area (Å²) >= 11 is 0. The van der Waals surface area contributed by atoms with E-state index in [2.05, 4.69) is 26.1 Å². The lowest BCUT2D eigenvalue weighted by atomic mass is 9.75. The van der Waals surface area contributed by atoms with Crippen molar-refractivity contribution in [1.82, 2.24) is 10.2 Å². The molecule has 232 valence electrons. The molecule has 0 bridgehead atoms. The van der Waals surface area contributed by atoms with Gasteiger partial charge in [-0.2, -0.15) is 0 Å². The van der Waals surface area contributed by atoms with Crippen LogP contribution < -0.4 is 10.1 Å². The van der Waals surface area contributed by atoms with Gasteiger partial charge in [-0.15, -0.1) is 0 Å². The monoisotopic (exact) mass is 582 g/mol. The van der Waals surface area contributed by atoms with Gasteiger partial charge < -0.3 is 29.9 Å². The molecule has 2 fully saturated rings. The number of para-hydroxylation sites is 1. The maximum Gasteiger partial charge on any atom is 0.249 e. The highest BCUT2D eigenvalue weighted by atomic mass is 16.5. The van der Waals surface area contributed by atoms with E-state index in [9.17, 15) is 19.8 Å². The molecule has 1 aromatic carbocycles. The van der Waals surface area contributed by atoms with Gasteiger partial charge in [0.15, 0.2) is 0 Å². The van der Waals surface area contributed by atoms with Crippen molar-refractivity contribution in [3.63, 3.8) is 0 Å². The summed E-state index contributed by atoms with van der Waals surface area (Å²) in [5.74, 6) is 1.23. The molecule has 8 heteroatoms. The molecule has 0 spiro atoms. The van der Waals surface area contributed by atoms with Gasteiger partial charge in [-0.25, -0.2) is 0 Å². The van der Waals surface area contributed by atoms with Crippen LogP contribution in [0.25, 0.3) is 0 Å². The Labute approximate surface area is 250 Å². The van der Waals surface area contributed by atoms with Crippen molar-refractivity contribution in [3.05, 3.63) is 41.5 Å². The number of benzene rings is 1. The second kappa shape index (κ2) is 13.9. The van der Waals surface area contributed by atoms with E-state index in [0.29, 0.717) is 29.1 Å². The van der Waals surface area contributed by atoms with Crippen LogP contribution in [0.4, 0.5) is 0 Å². The van der Waals surface area contributed by atoms with Gasteiger partial charge in [-0.05, 0) is 55.6 Å². The van der Waals surface area contributed by atoms with E-state index in [0.717, 1.165) is 56.9 Å². The summed E-state index contributed by atoms with van der Waals surface area (Å²) in [6.45, 7) is 6.65. The number of rotatable bonds is 9. The van der Waals surface area contributed by atoms with Crippen LogP contribution >= 0.6 is 0 Å². The fourth-order valence-electron chi connectivity index (χ4n) is 7.87. The number of ether oxygens (including phenoxy) is 2. The molecule has 3 aliphatic carbocycles. The molecule has 0 radical (unpaired) electrons. The zero-order valence-electron chi connectivity index (χ0n) is 25.5. The zero-order valence-corrected chi connectivity index (χ0v) is 25.5. The molecule has 1 aliphatic heterocycles. The van der Waals surface area contributed by atoms with Crippen LogP contribution in [0.15, 0.2) is 35.9 Å². The van der Waals surface area contributed by atoms with Crippen LogP contribution in [-0.2, 0) is 14.3 Å². The first kappa shape index (κ1) is 31.0. The minimum atomic E-state index is -1.01. The number of hydrogen-bond acceptors (Lipinski definition) is 6. The van der Waals surface area contributed by atoms with E-state index >= 15 is 0 Å². The number of aliphatic hydroxyl groups excluding tert-OH is 2. The van der Waals surface area contributed by atoms with Gasteiger partial charge >= 0.3 is 0 Å². The summed E-state index contributed by atoms with van der Waals surface area (Å²) in [5, 5.41) is 24.1. The molecular weight excluding hydrogens is 532 g/mol. The lowest BCUT2D eigenvalue weighted by molar-refractivity contribution is -0.150. The number of hydrogen-bond donors (Lipinski definition) is 3. The van der Waals surface area contributed by atoms with Crippen LogP contribution in [0, 0.1) is 17.8 Å². The minimum Gasteiger partial charge on any atom is -0.486 e. The van der Waals surface area contributed by atoms with Gasteiger partial charge in [-0.3, -0.25) is 9.59 Å². The van der Waals surface area contributed by atoms with E-state index in [1.54, 1.807) is 6.08 Å². The van der Waals surface area contributed by atoms with Crippen LogP contribution in [0.5, 0.6) is 5.75 Å². The number of amides is 2. The Bertz CT molecular complexity index is 1110. The van der Waals surface area contributed by atoms with E-state index in [-0.39, 0.29) is 43.7 Å². The number of carbonyl (C=O) groups is 2. The number of nitrogens with one attached hydrogen (secondary N) is 1. The SMILES string of the molecule is CC(C)[C@H]1CC[C@H](C)C[C@@H]1OCC(=O)N(C1CCCCCC1)[C@@H]1C=C(C(=O)NCCO)[C@@H]2c3ccccc3O[C@@H]2[C@H]1O. The summed E-state index contributed by atoms with van der Waals surface area (Å²) < 4.78 is 12.7. The molecule has 2 saturated carbocycles. The summed E-state index contributed by atoms with van der Waals surface area (Å²) in [4.78, 5) is 29.6. The Morgan fingerprint density at radius 2 is 1.83 bits per heavy atom. The topological polar surface area (TPSA) is 108 Å². The normalized spacial score (nSPS) is 31.4. The maximum atomic E-state index is 14.2. The molecule has 1 aromatic rings. The van der Waals surface area contributed by atoms with Crippen molar-refractivity contribution < 1.29 is 29.3 Å². The summed E-state index contributed by atoms with van der Waals surface area (Å²) in [7, 11) is 0. The molecule has 4 aliphatic rings. The first-order chi connectivity index (χ1) is 20.3. The number of nitrogens with zero attached hydrogens (tertiary/aromatic N) is 1. The molecule has 3 N–H and O–H groups in total. The van der Waals surface area contributed by atoms with E-state index in [1.807, 2.05) is 29.2 Å². The lowest BCUT2D eigenvalue weighted by Gasteiger charge is -2.44. The second-order valence-electron chi connectivity index (χ2n) is 13.3. The Balaban J connectivity index is 1.46. The van der Waals surface area contributed by atoms with E-state index in [4.69, 9.17) is 9.47 Å². The number of carbonyl (C=O) groups excluding carboxylic acids is 2. The van der Waals surface area contributed by atoms with Gasteiger partial charge in [0.1, 0.15) is 24.6 Å². The van der Waals surface area contributed by atoms with Gasteiger partial charge in [0, 0.05) is 23.7 Å². The quantitative estimate of drug-likeness (QED) is 0.374. The van der Waals surface area contributed by atoms with Crippen LogP contribution in [0.1, 0.15) is 90.0 Å². The lowest BCUT2D eigenvalue weighted by Crippen LogP contribution is -2.59. The molecule has 5 rings (SSSR count). The molecule has 2 amide bonds. The third kappa shape index (κ3) is 6.56. The maximum absolute atomic E-state index is 14.2. The molecule has 0 aromatic heterocycles. The van der Waals surface area contributed by atoms with Gasteiger partial charge in [0.25, 0.3) is 0 Å².